The summed E-state index contributed by atoms with van der Waals surface area (Å²) >= 11 is 0. The Kier molecular flexibility index (Phi) is 3.10. The average Bonchev–Trinajstić information content (AvgIpc) is 3.21. The van der Waals surface area contributed by atoms with Crippen molar-refractivity contribution in [2.24, 2.45) is 11.8 Å². The van der Waals surface area contributed by atoms with Crippen LogP contribution in [0.5, 0.6) is 0 Å². The van der Waals surface area contributed by atoms with E-state index in [0.717, 1.165) is 11.8 Å². The normalized spacial score (nSPS) is 20.4. The topological polar surface area (TPSA) is 71.1 Å². The average molecular weight is 269 g/mol. The number of fused-ring (bicyclic) bond motifs is 1. The van der Waals surface area contributed by atoms with Gasteiger partial charge in [0.1, 0.15) is 0 Å². The van der Waals surface area contributed by atoms with Crippen LogP contribution < -0.4 is 10.9 Å². The molecule has 102 valence electrons. The van der Waals surface area contributed by atoms with Gasteiger partial charge in [-0.2, -0.15) is 0 Å². The van der Waals surface area contributed by atoms with Gasteiger partial charge in [0.15, 0.2) is 0 Å². The molecule has 0 saturated heterocycles. The van der Waals surface area contributed by atoms with Gasteiger partial charge in [0.2, 0.25) is 5.91 Å². The number of hydrogen-bond acceptors (Lipinski definition) is 3. The van der Waals surface area contributed by atoms with Gasteiger partial charge in [-0.3, -0.25) is 25.4 Å². The summed E-state index contributed by atoms with van der Waals surface area (Å²) in [5.41, 5.74) is 6.00. The van der Waals surface area contributed by atoms with Crippen LogP contribution in [0.15, 0.2) is 36.5 Å². The summed E-state index contributed by atoms with van der Waals surface area (Å²) < 4.78 is 0. The van der Waals surface area contributed by atoms with E-state index in [2.05, 4.69) is 15.8 Å². The first-order chi connectivity index (χ1) is 9.66. The molecule has 0 spiro atoms. The molecule has 2 aromatic rings. The second-order valence-corrected chi connectivity index (χ2v) is 5.14. The first kappa shape index (κ1) is 12.6. The van der Waals surface area contributed by atoms with Crippen molar-refractivity contribution >= 4 is 22.7 Å². The highest BCUT2D eigenvalue weighted by Gasteiger charge is 2.39. The fraction of sp³-hybridized carbons (Fsp3) is 0.267. The zero-order valence-corrected chi connectivity index (χ0v) is 11.1. The maximum absolute atomic E-state index is 12.1. The smallest absolute Gasteiger partial charge is 0.271 e. The predicted octanol–water partition coefficient (Wildman–Crippen LogP) is 1.65. The summed E-state index contributed by atoms with van der Waals surface area (Å²) in [6.07, 6.45) is 2.53. The lowest BCUT2D eigenvalue weighted by Gasteiger charge is -2.08. The second kappa shape index (κ2) is 4.92. The van der Waals surface area contributed by atoms with Crippen LogP contribution >= 0.6 is 0 Å². The maximum Gasteiger partial charge on any atom is 0.271 e. The lowest BCUT2D eigenvalue weighted by Crippen LogP contribution is -2.42. The monoisotopic (exact) mass is 269 g/mol. The van der Waals surface area contributed by atoms with Crippen LogP contribution in [-0.4, -0.2) is 16.8 Å². The fourth-order valence-corrected chi connectivity index (χ4v) is 2.25. The van der Waals surface area contributed by atoms with Crippen LogP contribution in [0.4, 0.5) is 0 Å². The Hall–Kier alpha value is -2.43. The third kappa shape index (κ3) is 2.34. The Balaban J connectivity index is 1.74. The highest BCUT2D eigenvalue weighted by Crippen LogP contribution is 2.37. The number of pyridine rings is 1. The standard InChI is InChI=1S/C15H15N3O2/c1-9-8-12(9)15(20)18-17-14(19)11-6-2-4-10-5-3-7-16-13(10)11/h2-7,9,12H,8H2,1H3,(H,17,19)(H,18,20)/t9-,12+/m0/s1. The molecule has 1 aliphatic rings. The molecule has 20 heavy (non-hydrogen) atoms. The molecule has 1 aliphatic carbocycles. The molecule has 0 bridgehead atoms. The molecule has 3 rings (SSSR count). The highest BCUT2D eigenvalue weighted by atomic mass is 16.2. The lowest BCUT2D eigenvalue weighted by molar-refractivity contribution is -0.123. The third-order valence-corrected chi connectivity index (χ3v) is 3.62. The molecule has 2 amide bonds. The molecule has 0 aliphatic heterocycles. The largest absolute Gasteiger partial charge is 0.273 e. The van der Waals surface area contributed by atoms with E-state index in [0.29, 0.717) is 17.0 Å². The van der Waals surface area contributed by atoms with E-state index in [1.165, 1.54) is 0 Å². The van der Waals surface area contributed by atoms with Crippen LogP contribution in [0.3, 0.4) is 0 Å². The zero-order chi connectivity index (χ0) is 14.1. The lowest BCUT2D eigenvalue weighted by atomic mass is 10.1. The van der Waals surface area contributed by atoms with Crippen molar-refractivity contribution in [1.29, 1.82) is 0 Å². The third-order valence-electron chi connectivity index (χ3n) is 3.62. The molecule has 2 N–H and O–H groups in total. The Morgan fingerprint density at radius 1 is 1.20 bits per heavy atom. The molecule has 5 heteroatoms. The summed E-state index contributed by atoms with van der Waals surface area (Å²) in [6, 6.07) is 9.09. The number of nitrogens with one attached hydrogen (secondary N) is 2. The molecule has 1 saturated carbocycles. The summed E-state index contributed by atoms with van der Waals surface area (Å²) in [5, 5.41) is 0.891. The summed E-state index contributed by atoms with van der Waals surface area (Å²) in [4.78, 5) is 28.0. The van der Waals surface area contributed by atoms with Gasteiger partial charge >= 0.3 is 0 Å². The van der Waals surface area contributed by atoms with Crippen LogP contribution in [0, 0.1) is 11.8 Å². The van der Waals surface area contributed by atoms with Crippen LogP contribution in [0.25, 0.3) is 10.9 Å². The number of aromatic nitrogens is 1. The van der Waals surface area contributed by atoms with Crippen molar-refractivity contribution in [2.75, 3.05) is 0 Å². The van der Waals surface area contributed by atoms with Gasteiger partial charge < -0.3 is 0 Å². The molecule has 1 fully saturated rings. The zero-order valence-electron chi connectivity index (χ0n) is 11.1. The Morgan fingerprint density at radius 2 is 1.95 bits per heavy atom. The number of nitrogens with zero attached hydrogens (tertiary/aromatic N) is 1. The first-order valence-corrected chi connectivity index (χ1v) is 6.61. The van der Waals surface area contributed by atoms with E-state index in [9.17, 15) is 9.59 Å². The molecule has 2 atom stereocenters. The van der Waals surface area contributed by atoms with Crippen molar-refractivity contribution in [3.8, 4) is 0 Å². The number of rotatable bonds is 2. The number of carbonyl (C=O) groups excluding carboxylic acids is 2. The van der Waals surface area contributed by atoms with Crippen molar-refractivity contribution in [3.05, 3.63) is 42.1 Å². The van der Waals surface area contributed by atoms with Gasteiger partial charge in [0.25, 0.3) is 5.91 Å². The van der Waals surface area contributed by atoms with E-state index >= 15 is 0 Å². The molecular formula is C15H15N3O2. The molecule has 1 aromatic heterocycles. The van der Waals surface area contributed by atoms with E-state index in [-0.39, 0.29) is 17.7 Å². The quantitative estimate of drug-likeness (QED) is 0.814. The van der Waals surface area contributed by atoms with Crippen molar-refractivity contribution in [2.45, 2.75) is 13.3 Å². The summed E-state index contributed by atoms with van der Waals surface area (Å²) in [7, 11) is 0. The SMILES string of the molecule is C[C@H]1C[C@H]1C(=O)NNC(=O)c1cccc2cccnc12. The fourth-order valence-electron chi connectivity index (χ4n) is 2.25. The summed E-state index contributed by atoms with van der Waals surface area (Å²) in [5.74, 6) is -0.0398. The Morgan fingerprint density at radius 3 is 2.70 bits per heavy atom. The molecule has 0 unspecified atom stereocenters. The number of para-hydroxylation sites is 1. The highest BCUT2D eigenvalue weighted by molar-refractivity contribution is 6.05. The number of amides is 2. The van der Waals surface area contributed by atoms with Gasteiger partial charge in [0.05, 0.1) is 11.1 Å². The van der Waals surface area contributed by atoms with Gasteiger partial charge in [-0.15, -0.1) is 0 Å². The van der Waals surface area contributed by atoms with E-state index < -0.39 is 0 Å². The van der Waals surface area contributed by atoms with E-state index in [1.807, 2.05) is 25.1 Å². The van der Waals surface area contributed by atoms with Crippen molar-refractivity contribution in [3.63, 3.8) is 0 Å². The van der Waals surface area contributed by atoms with Crippen molar-refractivity contribution in [1.82, 2.24) is 15.8 Å². The van der Waals surface area contributed by atoms with Gasteiger partial charge in [-0.25, -0.2) is 0 Å². The second-order valence-electron chi connectivity index (χ2n) is 5.14. The predicted molar refractivity (Wildman–Crippen MR) is 74.6 cm³/mol. The number of carbonyl (C=O) groups is 2. The first-order valence-electron chi connectivity index (χ1n) is 6.61. The van der Waals surface area contributed by atoms with Gasteiger partial charge in [0, 0.05) is 17.5 Å². The van der Waals surface area contributed by atoms with Crippen molar-refractivity contribution < 1.29 is 9.59 Å². The molecule has 5 nitrogen and oxygen atoms in total. The molecule has 1 aromatic carbocycles. The van der Waals surface area contributed by atoms with E-state index in [1.54, 1.807) is 18.3 Å². The van der Waals surface area contributed by atoms with Gasteiger partial charge in [-0.05, 0) is 24.5 Å². The number of hydrazine groups is 1. The number of benzene rings is 1. The molecular weight excluding hydrogens is 254 g/mol. The summed E-state index contributed by atoms with van der Waals surface area (Å²) in [6.45, 7) is 2.01. The van der Waals surface area contributed by atoms with Crippen LogP contribution in [0.2, 0.25) is 0 Å². The maximum atomic E-state index is 12.1. The number of hydrogen-bond donors (Lipinski definition) is 2. The minimum absolute atomic E-state index is 0.0287. The molecule has 0 radical (unpaired) electrons. The Bertz CT molecular complexity index is 678. The minimum atomic E-state index is -0.351. The molecule has 1 heterocycles. The van der Waals surface area contributed by atoms with E-state index in [4.69, 9.17) is 0 Å². The van der Waals surface area contributed by atoms with Crippen LogP contribution in [-0.2, 0) is 4.79 Å². The minimum Gasteiger partial charge on any atom is -0.273 e. The Labute approximate surface area is 116 Å². The van der Waals surface area contributed by atoms with Gasteiger partial charge in [-0.1, -0.05) is 25.1 Å². The van der Waals surface area contributed by atoms with Crippen LogP contribution in [0.1, 0.15) is 23.7 Å².